The van der Waals surface area contributed by atoms with Crippen molar-refractivity contribution in [2.45, 2.75) is 57.4 Å². The molecule has 3 aliphatic rings. The van der Waals surface area contributed by atoms with Crippen LogP contribution < -0.4 is 0 Å². The van der Waals surface area contributed by atoms with Gasteiger partial charge in [0, 0.05) is 6.04 Å². The molecule has 1 nitrogen and oxygen atoms in total. The van der Waals surface area contributed by atoms with Crippen molar-refractivity contribution in [3.05, 3.63) is 35.4 Å². The smallest absolute Gasteiger partial charge is 0.0409 e. The van der Waals surface area contributed by atoms with Gasteiger partial charge >= 0.3 is 0 Å². The number of benzene rings is 1. The Balaban J connectivity index is 1.77. The Labute approximate surface area is 123 Å². The fraction of sp³-hybridized carbons (Fsp3) is 0.684. The molecule has 1 aromatic rings. The van der Waals surface area contributed by atoms with E-state index >= 15 is 0 Å². The third kappa shape index (κ3) is 1.79. The van der Waals surface area contributed by atoms with Crippen LogP contribution in [0.3, 0.4) is 0 Å². The van der Waals surface area contributed by atoms with Gasteiger partial charge in [0.05, 0.1) is 0 Å². The first kappa shape index (κ1) is 12.9. The molecule has 0 radical (unpaired) electrons. The van der Waals surface area contributed by atoms with Crippen LogP contribution in [0, 0.1) is 11.3 Å². The summed E-state index contributed by atoms with van der Waals surface area (Å²) in [4.78, 5) is 2.67. The third-order valence-electron chi connectivity index (χ3n) is 6.43. The van der Waals surface area contributed by atoms with Crippen LogP contribution in [0.2, 0.25) is 0 Å². The lowest BCUT2D eigenvalue weighted by Gasteiger charge is -2.51. The average Bonchev–Trinajstić information content (AvgIpc) is 2.85. The van der Waals surface area contributed by atoms with E-state index < -0.39 is 0 Å². The molecule has 1 saturated carbocycles. The second-order valence-electron chi connectivity index (χ2n) is 7.43. The van der Waals surface area contributed by atoms with Crippen LogP contribution in [0.25, 0.3) is 0 Å². The minimum absolute atomic E-state index is 0.567. The van der Waals surface area contributed by atoms with Gasteiger partial charge in [0.2, 0.25) is 0 Å². The van der Waals surface area contributed by atoms with Crippen molar-refractivity contribution < 1.29 is 0 Å². The highest BCUT2D eigenvalue weighted by molar-refractivity contribution is 5.39. The fourth-order valence-electron chi connectivity index (χ4n) is 5.66. The number of rotatable bonds is 1. The molecule has 0 spiro atoms. The van der Waals surface area contributed by atoms with Crippen molar-refractivity contribution in [3.63, 3.8) is 0 Å². The van der Waals surface area contributed by atoms with Gasteiger partial charge in [-0.1, -0.05) is 43.5 Å². The van der Waals surface area contributed by atoms with E-state index in [1.54, 1.807) is 11.1 Å². The zero-order valence-electron chi connectivity index (χ0n) is 12.8. The number of hydrogen-bond acceptors (Lipinski definition) is 1. The molecule has 2 aliphatic carbocycles. The lowest BCUT2D eigenvalue weighted by Crippen LogP contribution is -2.47. The predicted octanol–water partition coefficient (Wildman–Crippen LogP) is 4.58. The highest BCUT2D eigenvalue weighted by atomic mass is 15.2. The van der Waals surface area contributed by atoms with Crippen LogP contribution in [0.4, 0.5) is 0 Å². The van der Waals surface area contributed by atoms with E-state index in [0.717, 1.165) is 5.92 Å². The van der Waals surface area contributed by atoms with Gasteiger partial charge in [-0.2, -0.15) is 0 Å². The van der Waals surface area contributed by atoms with Gasteiger partial charge in [-0.25, -0.2) is 0 Å². The van der Waals surface area contributed by atoms with Crippen molar-refractivity contribution in [2.75, 3.05) is 13.6 Å². The first-order valence-corrected chi connectivity index (χ1v) is 8.59. The van der Waals surface area contributed by atoms with Gasteiger partial charge in [0.25, 0.3) is 0 Å². The van der Waals surface area contributed by atoms with E-state index in [2.05, 4.69) is 36.2 Å². The molecular weight excluding hydrogens is 242 g/mol. The highest BCUT2D eigenvalue weighted by Crippen LogP contribution is 2.60. The van der Waals surface area contributed by atoms with E-state index in [9.17, 15) is 0 Å². The molecule has 0 amide bonds. The van der Waals surface area contributed by atoms with E-state index in [1.807, 2.05) is 0 Å². The molecule has 2 atom stereocenters. The molecule has 1 heteroatoms. The molecule has 1 saturated heterocycles. The zero-order valence-corrected chi connectivity index (χ0v) is 12.8. The Morgan fingerprint density at radius 3 is 2.70 bits per heavy atom. The first-order valence-electron chi connectivity index (χ1n) is 8.59. The molecule has 0 bridgehead atoms. The standard InChI is InChI=1S/C19H27N/c1-20-13-7-12-19(16-9-3-2-4-10-16)14-15-8-5-6-11-17(15)18(19)20/h5-6,8,11,16,18H,2-4,7,9-10,12-14H2,1H3. The van der Waals surface area contributed by atoms with E-state index in [0.29, 0.717) is 11.5 Å². The van der Waals surface area contributed by atoms with Gasteiger partial charge in [-0.15, -0.1) is 0 Å². The summed E-state index contributed by atoms with van der Waals surface area (Å²) in [7, 11) is 2.36. The molecule has 4 rings (SSSR count). The largest absolute Gasteiger partial charge is 0.299 e. The summed E-state index contributed by atoms with van der Waals surface area (Å²) < 4.78 is 0. The maximum Gasteiger partial charge on any atom is 0.0409 e. The van der Waals surface area contributed by atoms with Crippen LogP contribution in [0.5, 0.6) is 0 Å². The normalized spacial score (nSPS) is 34.8. The molecule has 1 heterocycles. The summed E-state index contributed by atoms with van der Waals surface area (Å²) in [5.41, 5.74) is 3.87. The monoisotopic (exact) mass is 269 g/mol. The maximum absolute atomic E-state index is 2.67. The summed E-state index contributed by atoms with van der Waals surface area (Å²) in [6, 6.07) is 10.00. The molecule has 20 heavy (non-hydrogen) atoms. The SMILES string of the molecule is CN1CCCC2(C3CCCCC3)Cc3ccccc3C12. The van der Waals surface area contributed by atoms with Crippen LogP contribution in [0.15, 0.2) is 24.3 Å². The fourth-order valence-corrected chi connectivity index (χ4v) is 5.66. The molecule has 108 valence electrons. The first-order chi connectivity index (χ1) is 9.81. The Morgan fingerprint density at radius 2 is 1.85 bits per heavy atom. The molecule has 1 aromatic carbocycles. The molecule has 2 unspecified atom stereocenters. The van der Waals surface area contributed by atoms with Crippen LogP contribution in [-0.2, 0) is 6.42 Å². The lowest BCUT2D eigenvalue weighted by molar-refractivity contribution is -0.0199. The Morgan fingerprint density at radius 1 is 1.05 bits per heavy atom. The number of hydrogen-bond donors (Lipinski definition) is 0. The van der Waals surface area contributed by atoms with Crippen molar-refractivity contribution in [2.24, 2.45) is 11.3 Å². The minimum Gasteiger partial charge on any atom is -0.299 e. The average molecular weight is 269 g/mol. The van der Waals surface area contributed by atoms with Crippen molar-refractivity contribution in [3.8, 4) is 0 Å². The van der Waals surface area contributed by atoms with E-state index in [4.69, 9.17) is 0 Å². The van der Waals surface area contributed by atoms with Crippen LogP contribution in [-0.4, -0.2) is 18.5 Å². The Bertz CT molecular complexity index is 488. The summed E-state index contributed by atoms with van der Waals surface area (Å²) >= 11 is 0. The quantitative estimate of drug-likeness (QED) is 0.721. The van der Waals surface area contributed by atoms with Crippen molar-refractivity contribution in [1.82, 2.24) is 4.90 Å². The zero-order chi connectivity index (χ0) is 13.6. The topological polar surface area (TPSA) is 3.24 Å². The molecule has 0 aromatic heterocycles. The highest BCUT2D eigenvalue weighted by Gasteiger charge is 2.53. The van der Waals surface area contributed by atoms with Gasteiger partial charge in [-0.05, 0) is 68.2 Å². The predicted molar refractivity (Wildman–Crippen MR) is 83.8 cm³/mol. The number of likely N-dealkylation sites (tertiary alicyclic amines) is 1. The minimum atomic E-state index is 0.567. The second-order valence-corrected chi connectivity index (χ2v) is 7.43. The van der Waals surface area contributed by atoms with Crippen LogP contribution in [0.1, 0.15) is 62.1 Å². The molecular formula is C19H27N. The third-order valence-corrected chi connectivity index (χ3v) is 6.43. The number of nitrogens with zero attached hydrogens (tertiary/aromatic N) is 1. The number of piperidine rings is 1. The molecule has 1 aliphatic heterocycles. The second kappa shape index (κ2) is 4.87. The van der Waals surface area contributed by atoms with Gasteiger partial charge in [0.1, 0.15) is 0 Å². The summed E-state index contributed by atoms with van der Waals surface area (Å²) in [6.45, 7) is 1.29. The van der Waals surface area contributed by atoms with Gasteiger partial charge < -0.3 is 0 Å². The van der Waals surface area contributed by atoms with Gasteiger partial charge in [0.15, 0.2) is 0 Å². The Kier molecular flexibility index (Phi) is 3.14. The van der Waals surface area contributed by atoms with E-state index in [-0.39, 0.29) is 0 Å². The summed E-state index contributed by atoms with van der Waals surface area (Å²) in [6.07, 6.45) is 11.6. The number of fused-ring (bicyclic) bond motifs is 3. The molecule has 0 N–H and O–H groups in total. The summed E-state index contributed by atoms with van der Waals surface area (Å²) in [5.74, 6) is 0.969. The molecule has 2 fully saturated rings. The van der Waals surface area contributed by atoms with Crippen molar-refractivity contribution >= 4 is 0 Å². The lowest BCUT2D eigenvalue weighted by atomic mass is 9.61. The van der Waals surface area contributed by atoms with Crippen molar-refractivity contribution in [1.29, 1.82) is 0 Å². The Hall–Kier alpha value is -0.820. The maximum atomic E-state index is 2.67. The van der Waals surface area contributed by atoms with E-state index in [1.165, 1.54) is 57.9 Å². The van der Waals surface area contributed by atoms with Gasteiger partial charge in [-0.3, -0.25) is 4.90 Å². The van der Waals surface area contributed by atoms with Crippen LogP contribution >= 0.6 is 0 Å². The summed E-state index contributed by atoms with van der Waals surface area (Å²) in [5, 5.41) is 0.